The zero-order chi connectivity index (χ0) is 30.4. The topological polar surface area (TPSA) is 112 Å². The van der Waals surface area contributed by atoms with Gasteiger partial charge < -0.3 is 4.42 Å². The van der Waals surface area contributed by atoms with Gasteiger partial charge in [0.25, 0.3) is 15.6 Å². The van der Waals surface area contributed by atoms with Gasteiger partial charge in [0.15, 0.2) is 5.78 Å². The molecule has 0 unspecified atom stereocenters. The third-order valence-electron chi connectivity index (χ3n) is 7.36. The highest BCUT2D eigenvalue weighted by Crippen LogP contribution is 2.31. The Bertz CT molecular complexity index is 1840. The molecular weight excluding hydrogens is 575 g/mol. The number of furan rings is 1. The second-order valence-electron chi connectivity index (χ2n) is 10.5. The van der Waals surface area contributed by atoms with Crippen LogP contribution in [0, 0.1) is 0 Å². The number of benzene rings is 2. The van der Waals surface area contributed by atoms with Crippen LogP contribution in [-0.2, 0) is 27.4 Å². The molecule has 3 heterocycles. The van der Waals surface area contributed by atoms with Gasteiger partial charge in [0.2, 0.25) is 5.09 Å². The molecule has 1 atom stereocenters. The summed E-state index contributed by atoms with van der Waals surface area (Å²) in [4.78, 5) is 39.7. The Morgan fingerprint density at radius 1 is 1.07 bits per heavy atom. The van der Waals surface area contributed by atoms with E-state index in [0.29, 0.717) is 23.8 Å². The molecule has 2 aromatic carbocycles. The largest absolute Gasteiger partial charge is 0.443 e. The third-order valence-corrected chi connectivity index (χ3v) is 9.13. The SMILES string of the molecule is CC(C)n1c(=O)c(CCC(=O)[C@@H]2CCCN2S(=O)(=O)c2cc3ccccc3o2)cn(-c2ccc(C(F)(F)F)cc2)c1=O. The van der Waals surface area contributed by atoms with E-state index in [1.807, 2.05) is 0 Å². The molecule has 0 spiro atoms. The summed E-state index contributed by atoms with van der Waals surface area (Å²) < 4.78 is 74.7. The summed E-state index contributed by atoms with van der Waals surface area (Å²) in [6.45, 7) is 3.37. The number of alkyl halides is 3. The number of sulfonamides is 1. The van der Waals surface area contributed by atoms with Crippen molar-refractivity contribution in [3.05, 3.63) is 92.8 Å². The first-order valence-electron chi connectivity index (χ1n) is 13.4. The number of carbonyl (C=O) groups excluding carboxylic acids is 1. The molecule has 0 aliphatic carbocycles. The number of Topliss-reactive ketones (excluding diaryl/α,β-unsaturated/α-hetero) is 1. The van der Waals surface area contributed by atoms with Gasteiger partial charge in [-0.05, 0) is 63.4 Å². The van der Waals surface area contributed by atoms with E-state index < -0.39 is 50.9 Å². The van der Waals surface area contributed by atoms with Crippen molar-refractivity contribution in [3.63, 3.8) is 0 Å². The number of rotatable bonds is 8. The van der Waals surface area contributed by atoms with Gasteiger partial charge in [-0.2, -0.15) is 17.5 Å². The minimum atomic E-state index is -4.56. The van der Waals surface area contributed by atoms with E-state index in [2.05, 4.69) is 0 Å². The van der Waals surface area contributed by atoms with E-state index in [4.69, 9.17) is 4.42 Å². The van der Waals surface area contributed by atoms with Crippen molar-refractivity contribution in [1.82, 2.24) is 13.4 Å². The molecule has 5 rings (SSSR count). The number of ketones is 1. The van der Waals surface area contributed by atoms with Gasteiger partial charge in [0.05, 0.1) is 17.3 Å². The predicted octanol–water partition coefficient (Wildman–Crippen LogP) is 4.70. The van der Waals surface area contributed by atoms with Gasteiger partial charge in [-0.3, -0.25) is 18.7 Å². The van der Waals surface area contributed by atoms with Crippen molar-refractivity contribution in [2.24, 2.45) is 0 Å². The number of hydrogen-bond acceptors (Lipinski definition) is 6. The lowest BCUT2D eigenvalue weighted by Crippen LogP contribution is -2.42. The van der Waals surface area contributed by atoms with Crippen LogP contribution in [0.25, 0.3) is 16.7 Å². The van der Waals surface area contributed by atoms with E-state index in [1.54, 1.807) is 38.1 Å². The summed E-state index contributed by atoms with van der Waals surface area (Å²) in [7, 11) is -4.11. The van der Waals surface area contributed by atoms with Crippen LogP contribution >= 0.6 is 0 Å². The highest BCUT2D eigenvalue weighted by atomic mass is 32.2. The number of fused-ring (bicyclic) bond motifs is 1. The standard InChI is InChI=1S/C29H28F3N3O6S/c1-18(2)35-27(37)20(17-33(28(35)38)22-12-10-21(11-13-22)29(30,31)32)9-14-24(36)23-7-5-15-34(23)42(39,40)26-16-19-6-3-4-8-25(19)41-26/h3-4,6,8,10-13,16-18,23H,5,7,9,14-15H2,1-2H3/t23-/m0/s1. The number of hydrogen-bond donors (Lipinski definition) is 0. The van der Waals surface area contributed by atoms with Crippen LogP contribution in [0.15, 0.2) is 79.9 Å². The fourth-order valence-electron chi connectivity index (χ4n) is 5.22. The highest BCUT2D eigenvalue weighted by molar-refractivity contribution is 7.89. The predicted molar refractivity (Wildman–Crippen MR) is 148 cm³/mol. The third kappa shape index (κ3) is 5.45. The van der Waals surface area contributed by atoms with E-state index in [-0.39, 0.29) is 35.7 Å². The molecule has 1 fully saturated rings. The van der Waals surface area contributed by atoms with Gasteiger partial charge in [0.1, 0.15) is 5.58 Å². The maximum absolute atomic E-state index is 13.4. The summed E-state index contributed by atoms with van der Waals surface area (Å²) in [6, 6.07) is 10.7. The van der Waals surface area contributed by atoms with Crippen LogP contribution in [0.1, 0.15) is 50.3 Å². The fourth-order valence-corrected chi connectivity index (χ4v) is 6.85. The summed E-state index contributed by atoms with van der Waals surface area (Å²) in [6.07, 6.45) is -2.83. The summed E-state index contributed by atoms with van der Waals surface area (Å²) >= 11 is 0. The molecule has 9 nitrogen and oxygen atoms in total. The van der Waals surface area contributed by atoms with Crippen LogP contribution in [0.2, 0.25) is 0 Å². The number of aryl methyl sites for hydroxylation is 1. The molecule has 2 aromatic heterocycles. The smallest absolute Gasteiger partial charge is 0.416 e. The Morgan fingerprint density at radius 2 is 1.76 bits per heavy atom. The molecule has 0 amide bonds. The lowest BCUT2D eigenvalue weighted by Gasteiger charge is -2.22. The second kappa shape index (κ2) is 11.0. The normalized spacial score (nSPS) is 16.5. The van der Waals surface area contributed by atoms with Crippen LogP contribution in [0.4, 0.5) is 13.2 Å². The van der Waals surface area contributed by atoms with Crippen molar-refractivity contribution < 1.29 is 30.8 Å². The van der Waals surface area contributed by atoms with E-state index in [9.17, 15) is 36.0 Å². The van der Waals surface area contributed by atoms with Gasteiger partial charge >= 0.3 is 11.9 Å². The molecule has 0 radical (unpaired) electrons. The van der Waals surface area contributed by atoms with E-state index in [1.165, 1.54) is 12.3 Å². The van der Waals surface area contributed by atoms with Crippen molar-refractivity contribution in [3.8, 4) is 5.69 Å². The van der Waals surface area contributed by atoms with Crippen molar-refractivity contribution >= 4 is 26.8 Å². The van der Waals surface area contributed by atoms with Crippen molar-refractivity contribution in [1.29, 1.82) is 0 Å². The Morgan fingerprint density at radius 3 is 2.40 bits per heavy atom. The fraction of sp³-hybridized carbons (Fsp3) is 0.345. The number of aromatic nitrogens is 2. The van der Waals surface area contributed by atoms with E-state index >= 15 is 0 Å². The number of halogens is 3. The molecular formula is C29H28F3N3O6S. The van der Waals surface area contributed by atoms with Gasteiger partial charge in [-0.1, -0.05) is 18.2 Å². The summed E-state index contributed by atoms with van der Waals surface area (Å²) in [5.74, 6) is -0.394. The summed E-state index contributed by atoms with van der Waals surface area (Å²) in [5, 5.41) is 0.356. The maximum Gasteiger partial charge on any atom is 0.416 e. The zero-order valence-corrected chi connectivity index (χ0v) is 23.6. The monoisotopic (exact) mass is 603 g/mol. The van der Waals surface area contributed by atoms with Crippen LogP contribution in [0.5, 0.6) is 0 Å². The Hall–Kier alpha value is -3.97. The maximum atomic E-state index is 13.4. The molecule has 13 heteroatoms. The zero-order valence-electron chi connectivity index (χ0n) is 22.8. The lowest BCUT2D eigenvalue weighted by atomic mass is 10.0. The number of carbonyl (C=O) groups is 1. The lowest BCUT2D eigenvalue weighted by molar-refractivity contribution is -0.137. The first-order valence-corrected chi connectivity index (χ1v) is 14.8. The van der Waals surface area contributed by atoms with Crippen LogP contribution in [-0.4, -0.2) is 40.2 Å². The molecule has 0 N–H and O–H groups in total. The molecule has 1 saturated heterocycles. The molecule has 42 heavy (non-hydrogen) atoms. The summed E-state index contributed by atoms with van der Waals surface area (Å²) in [5.41, 5.74) is -1.62. The van der Waals surface area contributed by atoms with Gasteiger partial charge in [0, 0.05) is 42.2 Å². The Labute approximate surface area is 238 Å². The van der Waals surface area contributed by atoms with Gasteiger partial charge in [-0.15, -0.1) is 0 Å². The highest BCUT2D eigenvalue weighted by Gasteiger charge is 2.40. The molecule has 222 valence electrons. The quantitative estimate of drug-likeness (QED) is 0.289. The molecule has 4 aromatic rings. The first-order chi connectivity index (χ1) is 19.8. The van der Waals surface area contributed by atoms with Gasteiger partial charge in [-0.25, -0.2) is 13.2 Å². The molecule has 0 bridgehead atoms. The van der Waals surface area contributed by atoms with Crippen molar-refractivity contribution in [2.45, 2.75) is 62.9 Å². The second-order valence-corrected chi connectivity index (χ2v) is 12.3. The Kier molecular flexibility index (Phi) is 7.75. The number of para-hydroxylation sites is 1. The molecule has 1 aliphatic rings. The molecule has 1 aliphatic heterocycles. The van der Waals surface area contributed by atoms with Crippen LogP contribution < -0.4 is 11.2 Å². The molecule has 0 saturated carbocycles. The Balaban J connectivity index is 1.41. The minimum absolute atomic E-state index is 0.0969. The number of nitrogens with zero attached hydrogens (tertiary/aromatic N) is 3. The average molecular weight is 604 g/mol. The minimum Gasteiger partial charge on any atom is -0.443 e. The van der Waals surface area contributed by atoms with Crippen LogP contribution in [0.3, 0.4) is 0 Å². The average Bonchev–Trinajstić information content (AvgIpc) is 3.61. The van der Waals surface area contributed by atoms with E-state index in [0.717, 1.165) is 37.7 Å². The van der Waals surface area contributed by atoms with Crippen molar-refractivity contribution in [2.75, 3.05) is 6.54 Å². The first kappa shape index (κ1) is 29.5.